The van der Waals surface area contributed by atoms with Gasteiger partial charge in [-0.05, 0) is 49.4 Å². The van der Waals surface area contributed by atoms with Crippen molar-refractivity contribution in [2.24, 2.45) is 7.05 Å². The van der Waals surface area contributed by atoms with Crippen LogP contribution in [0.1, 0.15) is 27.6 Å². The third kappa shape index (κ3) is 2.56. The molecule has 0 saturated heterocycles. The molecule has 2 aromatic rings. The predicted molar refractivity (Wildman–Crippen MR) is 85.2 cm³/mol. The highest BCUT2D eigenvalue weighted by atomic mass is 127. The monoisotopic (exact) mass is 385 g/mol. The number of carbonyl (C=O) groups is 1. The van der Waals surface area contributed by atoms with Gasteiger partial charge in [0, 0.05) is 30.2 Å². The van der Waals surface area contributed by atoms with Crippen molar-refractivity contribution in [3.8, 4) is 0 Å². The van der Waals surface area contributed by atoms with Crippen LogP contribution >= 0.6 is 22.6 Å². The van der Waals surface area contributed by atoms with Crippen molar-refractivity contribution in [3.63, 3.8) is 0 Å². The summed E-state index contributed by atoms with van der Waals surface area (Å²) < 4.78 is 3.91. The second-order valence-electron chi connectivity index (χ2n) is 4.81. The van der Waals surface area contributed by atoms with E-state index in [-0.39, 0.29) is 17.9 Å². The van der Waals surface area contributed by atoms with Gasteiger partial charge in [0.2, 0.25) is 0 Å². The van der Waals surface area contributed by atoms with Gasteiger partial charge in [-0.2, -0.15) is 0 Å². The van der Waals surface area contributed by atoms with Gasteiger partial charge in [-0.15, -0.1) is 0 Å². The highest BCUT2D eigenvalue weighted by Crippen LogP contribution is 2.14. The molecule has 106 valence electrons. The van der Waals surface area contributed by atoms with Crippen LogP contribution in [0.15, 0.2) is 17.1 Å². The molecule has 0 bridgehead atoms. The number of hydrogen-bond acceptors (Lipinski definition) is 3. The lowest BCUT2D eigenvalue weighted by atomic mass is 10.1. The number of halogens is 1. The van der Waals surface area contributed by atoms with Crippen LogP contribution in [-0.4, -0.2) is 19.9 Å². The van der Waals surface area contributed by atoms with Crippen molar-refractivity contribution in [1.29, 1.82) is 0 Å². The molecule has 0 amide bonds. The Labute approximate surface area is 130 Å². The lowest BCUT2D eigenvalue weighted by Gasteiger charge is -2.08. The van der Waals surface area contributed by atoms with Crippen molar-refractivity contribution >= 4 is 28.4 Å². The zero-order valence-corrected chi connectivity index (χ0v) is 14.1. The summed E-state index contributed by atoms with van der Waals surface area (Å²) in [6.45, 7) is 5.61. The third-order valence-electron chi connectivity index (χ3n) is 3.58. The van der Waals surface area contributed by atoms with Gasteiger partial charge in [-0.25, -0.2) is 4.98 Å². The Hall–Kier alpha value is -1.44. The van der Waals surface area contributed by atoms with Gasteiger partial charge in [0.25, 0.3) is 5.56 Å². The number of aromatic nitrogens is 3. The Balaban J connectivity index is 2.40. The van der Waals surface area contributed by atoms with Crippen LogP contribution in [0.25, 0.3) is 0 Å². The first-order valence-electron chi connectivity index (χ1n) is 6.21. The van der Waals surface area contributed by atoms with E-state index in [9.17, 15) is 9.59 Å². The van der Waals surface area contributed by atoms with E-state index in [2.05, 4.69) is 4.98 Å². The van der Waals surface area contributed by atoms with E-state index in [1.165, 1.54) is 10.8 Å². The minimum atomic E-state index is -0.170. The Morgan fingerprint density at radius 2 is 2.00 bits per heavy atom. The summed E-state index contributed by atoms with van der Waals surface area (Å²) in [5, 5.41) is 0. The molecule has 0 unspecified atom stereocenters. The zero-order valence-electron chi connectivity index (χ0n) is 11.9. The minimum Gasteiger partial charge on any atom is -0.351 e. The molecular formula is C14H16IN3O2. The van der Waals surface area contributed by atoms with Crippen LogP contribution in [0, 0.1) is 24.3 Å². The molecule has 0 atom stereocenters. The fourth-order valence-corrected chi connectivity index (χ4v) is 2.53. The lowest BCUT2D eigenvalue weighted by molar-refractivity contribution is 0.0968. The molecule has 0 aromatic carbocycles. The van der Waals surface area contributed by atoms with E-state index in [0.717, 1.165) is 11.4 Å². The maximum atomic E-state index is 12.4. The fraction of sp³-hybridized carbons (Fsp3) is 0.357. The molecule has 2 rings (SSSR count). The number of Topliss-reactive ketones (excluding diaryl/α,β-unsaturated/α-hetero) is 1. The summed E-state index contributed by atoms with van der Waals surface area (Å²) in [5.41, 5.74) is 2.43. The van der Waals surface area contributed by atoms with Gasteiger partial charge >= 0.3 is 0 Å². The van der Waals surface area contributed by atoms with Gasteiger partial charge in [-0.1, -0.05) is 0 Å². The summed E-state index contributed by atoms with van der Waals surface area (Å²) in [5.74, 6) is 0.481. The highest BCUT2D eigenvalue weighted by Gasteiger charge is 2.16. The van der Waals surface area contributed by atoms with Crippen LogP contribution in [0.3, 0.4) is 0 Å². The number of rotatable bonds is 3. The molecule has 0 aliphatic rings. The van der Waals surface area contributed by atoms with Gasteiger partial charge < -0.3 is 4.57 Å². The molecule has 0 saturated carbocycles. The minimum absolute atomic E-state index is 0.0266. The Morgan fingerprint density at radius 1 is 1.35 bits per heavy atom. The first-order chi connectivity index (χ1) is 9.32. The normalized spacial score (nSPS) is 10.8. The molecule has 5 nitrogen and oxygen atoms in total. The predicted octanol–water partition coefficient (Wildman–Crippen LogP) is 1.99. The van der Waals surface area contributed by atoms with Crippen molar-refractivity contribution in [3.05, 3.63) is 49.0 Å². The standard InChI is InChI=1S/C14H16IN3O2/c1-8-5-11(9(2)17(8)4)13(19)7-18-10(3)16-6-12(15)14(18)20/h5-6H,7H2,1-4H3. The molecule has 0 N–H and O–H groups in total. The number of carbonyl (C=O) groups excluding carboxylic acids is 1. The van der Waals surface area contributed by atoms with E-state index in [1.807, 2.05) is 54.1 Å². The van der Waals surface area contributed by atoms with Crippen molar-refractivity contribution < 1.29 is 4.79 Å². The summed E-state index contributed by atoms with van der Waals surface area (Å²) in [6, 6.07) is 1.86. The van der Waals surface area contributed by atoms with Crippen molar-refractivity contribution in [1.82, 2.24) is 14.1 Å². The largest absolute Gasteiger partial charge is 0.351 e. The summed E-state index contributed by atoms with van der Waals surface area (Å²) in [4.78, 5) is 28.6. The number of aryl methyl sites for hydroxylation is 2. The number of nitrogens with zero attached hydrogens (tertiary/aromatic N) is 3. The first-order valence-corrected chi connectivity index (χ1v) is 7.29. The van der Waals surface area contributed by atoms with E-state index in [4.69, 9.17) is 0 Å². The zero-order chi connectivity index (χ0) is 15.0. The second kappa shape index (κ2) is 5.51. The van der Waals surface area contributed by atoms with Gasteiger partial charge in [0.1, 0.15) is 5.82 Å². The van der Waals surface area contributed by atoms with Crippen molar-refractivity contribution in [2.45, 2.75) is 27.3 Å². The SMILES string of the molecule is Cc1cc(C(=O)Cn2c(C)ncc(I)c2=O)c(C)n1C. The van der Waals surface area contributed by atoms with E-state index in [1.54, 1.807) is 6.92 Å². The molecule has 2 aromatic heterocycles. The summed E-state index contributed by atoms with van der Waals surface area (Å²) >= 11 is 1.93. The molecule has 0 spiro atoms. The highest BCUT2D eigenvalue weighted by molar-refractivity contribution is 14.1. The molecule has 20 heavy (non-hydrogen) atoms. The van der Waals surface area contributed by atoms with Crippen LogP contribution in [0.2, 0.25) is 0 Å². The fourth-order valence-electron chi connectivity index (χ4n) is 2.10. The first kappa shape index (κ1) is 15.0. The maximum Gasteiger partial charge on any atom is 0.267 e. The number of ketones is 1. The van der Waals surface area contributed by atoms with Crippen LogP contribution < -0.4 is 5.56 Å². The number of hydrogen-bond donors (Lipinski definition) is 0. The van der Waals surface area contributed by atoms with Crippen molar-refractivity contribution in [2.75, 3.05) is 0 Å². The molecule has 0 radical (unpaired) electrons. The van der Waals surface area contributed by atoms with Gasteiger partial charge in [0.15, 0.2) is 5.78 Å². The smallest absolute Gasteiger partial charge is 0.267 e. The van der Waals surface area contributed by atoms with E-state index in [0.29, 0.717) is 15.0 Å². The van der Waals surface area contributed by atoms with Gasteiger partial charge in [-0.3, -0.25) is 14.2 Å². The average molecular weight is 385 g/mol. The van der Waals surface area contributed by atoms with Gasteiger partial charge in [0.05, 0.1) is 10.1 Å². The van der Waals surface area contributed by atoms with E-state index >= 15 is 0 Å². The second-order valence-corrected chi connectivity index (χ2v) is 5.97. The quantitative estimate of drug-likeness (QED) is 0.600. The Kier molecular flexibility index (Phi) is 4.12. The lowest BCUT2D eigenvalue weighted by Crippen LogP contribution is -2.29. The molecule has 0 aliphatic carbocycles. The summed E-state index contributed by atoms with van der Waals surface area (Å²) in [7, 11) is 1.92. The molecule has 2 heterocycles. The maximum absolute atomic E-state index is 12.4. The Morgan fingerprint density at radius 3 is 2.55 bits per heavy atom. The molecule has 0 fully saturated rings. The molecule has 0 aliphatic heterocycles. The average Bonchev–Trinajstić information content (AvgIpc) is 2.67. The van der Waals surface area contributed by atoms with Crippen LogP contribution in [0.4, 0.5) is 0 Å². The van der Waals surface area contributed by atoms with Crippen LogP contribution in [-0.2, 0) is 13.6 Å². The summed E-state index contributed by atoms with van der Waals surface area (Å²) in [6.07, 6.45) is 1.52. The molecule has 6 heteroatoms. The Bertz CT molecular complexity index is 744. The van der Waals surface area contributed by atoms with Crippen LogP contribution in [0.5, 0.6) is 0 Å². The topological polar surface area (TPSA) is 56.9 Å². The van der Waals surface area contributed by atoms with E-state index < -0.39 is 0 Å². The third-order valence-corrected chi connectivity index (χ3v) is 4.32. The molecular weight excluding hydrogens is 369 g/mol.